The van der Waals surface area contributed by atoms with Gasteiger partial charge in [0.2, 0.25) is 0 Å². The van der Waals surface area contributed by atoms with Crippen molar-refractivity contribution in [2.45, 2.75) is 84.5 Å². The molecule has 0 spiro atoms. The maximum Gasteiger partial charge on any atom is 0.307 e. The van der Waals surface area contributed by atoms with E-state index in [2.05, 4.69) is 6.92 Å². The van der Waals surface area contributed by atoms with Crippen LogP contribution in [0.1, 0.15) is 84.5 Å². The average molecular weight is 272 g/mol. The summed E-state index contributed by atoms with van der Waals surface area (Å²) < 4.78 is 10.1. The molecule has 0 aliphatic heterocycles. The largest absolute Gasteiger partial charge is 0.438 e. The number of carbonyl (C=O) groups excluding carboxylic acids is 1. The molecule has 0 saturated carbocycles. The zero-order chi connectivity index (χ0) is 14.2. The summed E-state index contributed by atoms with van der Waals surface area (Å²) in [6, 6.07) is 0. The van der Waals surface area contributed by atoms with Crippen molar-refractivity contribution in [1.29, 1.82) is 0 Å². The van der Waals surface area contributed by atoms with Gasteiger partial charge in [0.1, 0.15) is 0 Å². The van der Waals surface area contributed by atoms with E-state index in [0.717, 1.165) is 6.42 Å². The molecular formula is C16H32O3. The zero-order valence-electron chi connectivity index (χ0n) is 12.9. The van der Waals surface area contributed by atoms with Gasteiger partial charge in [-0.2, -0.15) is 0 Å². The third kappa shape index (κ3) is 15.4. The molecule has 0 rings (SSSR count). The van der Waals surface area contributed by atoms with E-state index < -0.39 is 0 Å². The predicted molar refractivity (Wildman–Crippen MR) is 79.0 cm³/mol. The van der Waals surface area contributed by atoms with Gasteiger partial charge in [0.15, 0.2) is 6.79 Å². The van der Waals surface area contributed by atoms with E-state index in [1.807, 2.05) is 0 Å². The van der Waals surface area contributed by atoms with Crippen molar-refractivity contribution in [3.63, 3.8) is 0 Å². The SMILES string of the molecule is CCCCCCCCCCCCOCOC(=O)CC. The molecule has 3 heteroatoms. The minimum Gasteiger partial charge on any atom is -0.438 e. The standard InChI is InChI=1S/C16H32O3/c1-3-5-6-7-8-9-10-11-12-13-14-18-15-19-16(17)4-2/h3-15H2,1-2H3. The van der Waals surface area contributed by atoms with Crippen LogP contribution >= 0.6 is 0 Å². The number of unbranched alkanes of at least 4 members (excludes halogenated alkanes) is 9. The fraction of sp³-hybridized carbons (Fsp3) is 0.938. The van der Waals surface area contributed by atoms with Crippen LogP contribution in [-0.2, 0) is 14.3 Å². The van der Waals surface area contributed by atoms with E-state index in [9.17, 15) is 4.79 Å². The first kappa shape index (κ1) is 18.4. The van der Waals surface area contributed by atoms with Crippen LogP contribution in [0.2, 0.25) is 0 Å². The molecule has 0 fully saturated rings. The Bertz CT molecular complexity index is 192. The molecule has 114 valence electrons. The molecule has 19 heavy (non-hydrogen) atoms. The van der Waals surface area contributed by atoms with E-state index in [1.165, 1.54) is 57.8 Å². The van der Waals surface area contributed by atoms with Gasteiger partial charge in [-0.15, -0.1) is 0 Å². The quantitative estimate of drug-likeness (QED) is 0.258. The molecule has 0 aromatic heterocycles. The molecule has 0 aliphatic rings. The minimum absolute atomic E-state index is 0.115. The lowest BCUT2D eigenvalue weighted by Crippen LogP contribution is -2.07. The fourth-order valence-electron chi connectivity index (χ4n) is 1.96. The van der Waals surface area contributed by atoms with E-state index in [1.54, 1.807) is 6.92 Å². The van der Waals surface area contributed by atoms with Crippen molar-refractivity contribution in [1.82, 2.24) is 0 Å². The van der Waals surface area contributed by atoms with Gasteiger partial charge in [0, 0.05) is 6.42 Å². The second kappa shape index (κ2) is 15.5. The topological polar surface area (TPSA) is 35.5 Å². The molecule has 0 N–H and O–H groups in total. The summed E-state index contributed by atoms with van der Waals surface area (Å²) in [5, 5.41) is 0. The van der Waals surface area contributed by atoms with E-state index in [-0.39, 0.29) is 12.8 Å². The van der Waals surface area contributed by atoms with Gasteiger partial charge in [0.25, 0.3) is 0 Å². The molecule has 0 saturated heterocycles. The lowest BCUT2D eigenvalue weighted by molar-refractivity contribution is -0.155. The highest BCUT2D eigenvalue weighted by Crippen LogP contribution is 2.10. The Morgan fingerprint density at radius 1 is 0.789 bits per heavy atom. The third-order valence-electron chi connectivity index (χ3n) is 3.23. The predicted octanol–water partition coefficient (Wildman–Crippen LogP) is 4.83. The number of rotatable bonds is 14. The smallest absolute Gasteiger partial charge is 0.307 e. The summed E-state index contributed by atoms with van der Waals surface area (Å²) in [6.45, 7) is 4.85. The fourth-order valence-corrected chi connectivity index (χ4v) is 1.96. The first-order valence-corrected chi connectivity index (χ1v) is 8.04. The Morgan fingerprint density at radius 3 is 1.84 bits per heavy atom. The van der Waals surface area contributed by atoms with Crippen LogP contribution in [0.3, 0.4) is 0 Å². The molecule has 0 amide bonds. The van der Waals surface area contributed by atoms with Crippen molar-refractivity contribution in [2.75, 3.05) is 13.4 Å². The first-order valence-electron chi connectivity index (χ1n) is 8.04. The normalized spacial score (nSPS) is 10.6. The first-order chi connectivity index (χ1) is 9.31. The van der Waals surface area contributed by atoms with Crippen molar-refractivity contribution < 1.29 is 14.3 Å². The van der Waals surface area contributed by atoms with Crippen LogP contribution in [0.5, 0.6) is 0 Å². The van der Waals surface area contributed by atoms with Crippen molar-refractivity contribution in [2.24, 2.45) is 0 Å². The monoisotopic (exact) mass is 272 g/mol. The van der Waals surface area contributed by atoms with Crippen molar-refractivity contribution >= 4 is 5.97 Å². The molecule has 0 radical (unpaired) electrons. The molecule has 0 heterocycles. The molecule has 0 atom stereocenters. The number of ether oxygens (including phenoxy) is 2. The van der Waals surface area contributed by atoms with Gasteiger partial charge < -0.3 is 9.47 Å². The maximum absolute atomic E-state index is 10.8. The van der Waals surface area contributed by atoms with E-state index in [4.69, 9.17) is 9.47 Å². The number of carbonyl (C=O) groups is 1. The van der Waals surface area contributed by atoms with Crippen LogP contribution in [0, 0.1) is 0 Å². The van der Waals surface area contributed by atoms with Gasteiger partial charge >= 0.3 is 5.97 Å². The van der Waals surface area contributed by atoms with Crippen molar-refractivity contribution in [3.05, 3.63) is 0 Å². The average Bonchev–Trinajstić information content (AvgIpc) is 2.43. The van der Waals surface area contributed by atoms with Gasteiger partial charge in [-0.1, -0.05) is 71.6 Å². The Hall–Kier alpha value is -0.570. The summed E-state index contributed by atoms with van der Waals surface area (Å²) in [7, 11) is 0. The van der Waals surface area contributed by atoms with Crippen molar-refractivity contribution in [3.8, 4) is 0 Å². The summed E-state index contributed by atoms with van der Waals surface area (Å²) >= 11 is 0. The third-order valence-corrected chi connectivity index (χ3v) is 3.23. The molecule has 3 nitrogen and oxygen atoms in total. The van der Waals surface area contributed by atoms with Crippen LogP contribution < -0.4 is 0 Å². The highest BCUT2D eigenvalue weighted by atomic mass is 16.7. The highest BCUT2D eigenvalue weighted by molar-refractivity contribution is 5.68. The molecule has 0 aliphatic carbocycles. The van der Waals surface area contributed by atoms with E-state index >= 15 is 0 Å². The Morgan fingerprint density at radius 2 is 1.32 bits per heavy atom. The van der Waals surface area contributed by atoms with Crippen LogP contribution in [-0.4, -0.2) is 19.4 Å². The molecule has 0 unspecified atom stereocenters. The summed E-state index contributed by atoms with van der Waals surface area (Å²) in [5.74, 6) is -0.192. The van der Waals surface area contributed by atoms with Gasteiger partial charge in [-0.05, 0) is 6.42 Å². The van der Waals surface area contributed by atoms with Gasteiger partial charge in [-0.25, -0.2) is 0 Å². The highest BCUT2D eigenvalue weighted by Gasteiger charge is 1.97. The van der Waals surface area contributed by atoms with Crippen LogP contribution in [0.4, 0.5) is 0 Å². The maximum atomic E-state index is 10.8. The Labute approximate surface area is 119 Å². The molecular weight excluding hydrogens is 240 g/mol. The second-order valence-electron chi connectivity index (χ2n) is 5.08. The summed E-state index contributed by atoms with van der Waals surface area (Å²) in [4.78, 5) is 10.8. The number of hydrogen-bond acceptors (Lipinski definition) is 3. The van der Waals surface area contributed by atoms with Gasteiger partial charge in [0.05, 0.1) is 6.61 Å². The lowest BCUT2D eigenvalue weighted by atomic mass is 10.1. The lowest BCUT2D eigenvalue weighted by Gasteiger charge is -2.05. The second-order valence-corrected chi connectivity index (χ2v) is 5.08. The van der Waals surface area contributed by atoms with Crippen LogP contribution in [0.15, 0.2) is 0 Å². The molecule has 0 aromatic rings. The minimum atomic E-state index is -0.192. The van der Waals surface area contributed by atoms with Crippen LogP contribution in [0.25, 0.3) is 0 Å². The Kier molecular flexibility index (Phi) is 15.0. The molecule has 0 aromatic carbocycles. The van der Waals surface area contributed by atoms with E-state index in [0.29, 0.717) is 13.0 Å². The zero-order valence-corrected chi connectivity index (χ0v) is 12.9. The number of esters is 1. The summed E-state index contributed by atoms with van der Waals surface area (Å²) in [6.07, 6.45) is 13.6. The number of hydrogen-bond donors (Lipinski definition) is 0. The Balaban J connectivity index is 2.97. The van der Waals surface area contributed by atoms with Gasteiger partial charge in [-0.3, -0.25) is 4.79 Å². The summed E-state index contributed by atoms with van der Waals surface area (Å²) in [5.41, 5.74) is 0. The molecule has 0 bridgehead atoms.